The minimum Gasteiger partial charge on any atom is -0.355 e. The number of benzene rings is 1. The van der Waals surface area contributed by atoms with Gasteiger partial charge in [0, 0.05) is 17.3 Å². The zero-order chi connectivity index (χ0) is 18.4. The van der Waals surface area contributed by atoms with Gasteiger partial charge in [0.1, 0.15) is 0 Å². The Labute approximate surface area is 156 Å². The lowest BCUT2D eigenvalue weighted by Crippen LogP contribution is -2.30. The fourth-order valence-corrected chi connectivity index (χ4v) is 3.23. The Kier molecular flexibility index (Phi) is 6.89. The lowest BCUT2D eigenvalue weighted by Gasteiger charge is -2.18. The Morgan fingerprint density at radius 2 is 1.96 bits per heavy atom. The average Bonchev–Trinajstić information content (AvgIpc) is 2.51. The van der Waals surface area contributed by atoms with Crippen molar-refractivity contribution in [1.82, 2.24) is 5.32 Å². The minimum atomic E-state index is -4.10. The van der Waals surface area contributed by atoms with Crippen molar-refractivity contribution in [3.8, 4) is 0 Å². The topological polar surface area (TPSA) is 95.5 Å². The van der Waals surface area contributed by atoms with Gasteiger partial charge in [0.25, 0.3) is 10.1 Å². The summed E-state index contributed by atoms with van der Waals surface area (Å²) in [6.45, 7) is -0.154. The van der Waals surface area contributed by atoms with Gasteiger partial charge in [0.2, 0.25) is 5.91 Å². The second kappa shape index (κ2) is 8.71. The Balaban J connectivity index is 2.05. The second-order valence-corrected chi connectivity index (χ2v) is 7.90. The van der Waals surface area contributed by atoms with Crippen LogP contribution in [0, 0.1) is 0 Å². The van der Waals surface area contributed by atoms with Crippen molar-refractivity contribution in [1.29, 1.82) is 0 Å². The molecule has 9 heteroatoms. The molecule has 0 spiro atoms. The van der Waals surface area contributed by atoms with Gasteiger partial charge in [0.05, 0.1) is 22.9 Å². The van der Waals surface area contributed by atoms with Gasteiger partial charge >= 0.3 is 0 Å². The van der Waals surface area contributed by atoms with Crippen LogP contribution < -0.4 is 10.6 Å². The molecule has 1 aliphatic rings. The van der Waals surface area contributed by atoms with Crippen molar-refractivity contribution < 1.29 is 17.8 Å². The monoisotopic (exact) mass is 404 g/mol. The van der Waals surface area contributed by atoms with Crippen LogP contribution in [-0.4, -0.2) is 31.2 Å². The Bertz CT molecular complexity index is 819. The number of hydrogen-bond donors (Lipinski definition) is 3. The number of carbonyl (C=O) groups excluding carboxylic acids is 1. The van der Waals surface area contributed by atoms with Crippen molar-refractivity contribution in [3.05, 3.63) is 51.7 Å². The molecule has 0 aromatic heterocycles. The van der Waals surface area contributed by atoms with E-state index in [0.29, 0.717) is 33.4 Å². The highest BCUT2D eigenvalue weighted by Crippen LogP contribution is 2.32. The van der Waals surface area contributed by atoms with Gasteiger partial charge in [-0.25, -0.2) is 0 Å². The number of hydrogen-bond acceptors (Lipinski definition) is 4. The third-order valence-corrected chi connectivity index (χ3v) is 4.95. The molecule has 0 saturated carbocycles. The Morgan fingerprint density at radius 1 is 1.24 bits per heavy atom. The van der Waals surface area contributed by atoms with Gasteiger partial charge in [-0.15, -0.1) is 0 Å². The van der Waals surface area contributed by atoms with E-state index in [0.717, 1.165) is 6.42 Å². The molecule has 1 amide bonds. The molecule has 0 atom stereocenters. The number of amides is 1. The summed E-state index contributed by atoms with van der Waals surface area (Å²) >= 11 is 12.4. The summed E-state index contributed by atoms with van der Waals surface area (Å²) in [5, 5.41) is 6.78. The SMILES string of the molecule is O=C(Cc1ccccc1NC1=C(Cl)CCC=C1Cl)NCCS(=O)(=O)O. The zero-order valence-corrected chi connectivity index (χ0v) is 15.6. The third kappa shape index (κ3) is 6.36. The van der Waals surface area contributed by atoms with Crippen molar-refractivity contribution in [3.63, 3.8) is 0 Å². The lowest BCUT2D eigenvalue weighted by atomic mass is 10.1. The number of para-hydroxylation sites is 1. The maximum absolute atomic E-state index is 12.0. The van der Waals surface area contributed by atoms with Gasteiger partial charge < -0.3 is 10.6 Å². The van der Waals surface area contributed by atoms with E-state index in [1.807, 2.05) is 12.1 Å². The Hall–Kier alpha value is -1.54. The van der Waals surface area contributed by atoms with Crippen LogP contribution in [0.4, 0.5) is 5.69 Å². The molecule has 6 nitrogen and oxygen atoms in total. The van der Waals surface area contributed by atoms with Gasteiger partial charge in [-0.3, -0.25) is 9.35 Å². The summed E-state index contributed by atoms with van der Waals surface area (Å²) in [6, 6.07) is 7.19. The van der Waals surface area contributed by atoms with Crippen molar-refractivity contribution in [2.24, 2.45) is 0 Å². The maximum atomic E-state index is 12.0. The molecular weight excluding hydrogens is 387 g/mol. The van der Waals surface area contributed by atoms with Gasteiger partial charge in [-0.2, -0.15) is 8.42 Å². The van der Waals surface area contributed by atoms with Crippen molar-refractivity contribution >= 4 is 44.9 Å². The molecule has 2 rings (SSSR count). The molecule has 3 N–H and O–H groups in total. The van der Waals surface area contributed by atoms with Crippen LogP contribution in [0.5, 0.6) is 0 Å². The van der Waals surface area contributed by atoms with Crippen LogP contribution in [0.25, 0.3) is 0 Å². The van der Waals surface area contributed by atoms with E-state index in [1.165, 1.54) is 0 Å². The average molecular weight is 405 g/mol. The summed E-state index contributed by atoms with van der Waals surface area (Å²) in [4.78, 5) is 12.0. The van der Waals surface area contributed by atoms with Crippen LogP contribution >= 0.6 is 23.2 Å². The van der Waals surface area contributed by atoms with E-state index < -0.39 is 15.9 Å². The molecule has 0 heterocycles. The lowest BCUT2D eigenvalue weighted by molar-refractivity contribution is -0.120. The van der Waals surface area contributed by atoms with E-state index in [2.05, 4.69) is 10.6 Å². The first-order valence-electron chi connectivity index (χ1n) is 7.58. The molecule has 0 aliphatic heterocycles. The van der Waals surface area contributed by atoms with Gasteiger partial charge in [0.15, 0.2) is 0 Å². The molecule has 1 aliphatic carbocycles. The van der Waals surface area contributed by atoms with Crippen molar-refractivity contribution in [2.45, 2.75) is 19.3 Å². The summed E-state index contributed by atoms with van der Waals surface area (Å²) in [5.74, 6) is -0.884. The molecule has 136 valence electrons. The zero-order valence-electron chi connectivity index (χ0n) is 13.3. The van der Waals surface area contributed by atoms with Crippen molar-refractivity contribution in [2.75, 3.05) is 17.6 Å². The highest BCUT2D eigenvalue weighted by Gasteiger charge is 2.16. The molecular formula is C16H18Cl2N2O4S. The third-order valence-electron chi connectivity index (χ3n) is 3.51. The summed E-state index contributed by atoms with van der Waals surface area (Å²) < 4.78 is 30.0. The molecule has 1 aromatic rings. The van der Waals surface area contributed by atoms with E-state index in [-0.39, 0.29) is 18.9 Å². The Morgan fingerprint density at radius 3 is 2.64 bits per heavy atom. The smallest absolute Gasteiger partial charge is 0.266 e. The first-order chi connectivity index (χ1) is 11.8. The summed E-state index contributed by atoms with van der Waals surface area (Å²) in [7, 11) is -4.10. The van der Waals surface area contributed by atoms with Crippen LogP contribution in [-0.2, 0) is 21.3 Å². The molecule has 0 bridgehead atoms. The minimum absolute atomic E-state index is 0.0425. The van der Waals surface area contributed by atoms with Gasteiger partial charge in [-0.05, 0) is 24.5 Å². The highest BCUT2D eigenvalue weighted by atomic mass is 35.5. The van der Waals surface area contributed by atoms with Crippen LogP contribution in [0.15, 0.2) is 46.1 Å². The highest BCUT2D eigenvalue weighted by molar-refractivity contribution is 7.85. The number of halogens is 2. The summed E-state index contributed by atoms with van der Waals surface area (Å²) in [6.07, 6.45) is 3.39. The number of anilines is 1. The quantitative estimate of drug-likeness (QED) is 0.607. The number of carbonyl (C=O) groups is 1. The number of allylic oxidation sites excluding steroid dienone is 3. The first kappa shape index (κ1) is 19.8. The molecule has 25 heavy (non-hydrogen) atoms. The van der Waals surface area contributed by atoms with E-state index in [4.69, 9.17) is 27.8 Å². The van der Waals surface area contributed by atoms with E-state index in [9.17, 15) is 13.2 Å². The van der Waals surface area contributed by atoms with Gasteiger partial charge in [-0.1, -0.05) is 47.5 Å². The van der Waals surface area contributed by atoms with Crippen LogP contribution in [0.2, 0.25) is 0 Å². The van der Waals surface area contributed by atoms with E-state index >= 15 is 0 Å². The largest absolute Gasteiger partial charge is 0.355 e. The standard InChI is InChI=1S/C16H18Cl2N2O4S/c17-12-5-3-6-13(18)16(12)20-14-7-2-1-4-11(14)10-15(21)19-8-9-25(22,23)24/h1-2,4-5,7,20H,3,6,8-10H2,(H,19,21)(H,22,23,24). The summed E-state index contributed by atoms with van der Waals surface area (Å²) in [5.41, 5.74) is 2.02. The molecule has 0 unspecified atom stereocenters. The number of rotatable bonds is 7. The number of nitrogens with one attached hydrogen (secondary N) is 2. The van der Waals surface area contributed by atoms with Crippen LogP contribution in [0.3, 0.4) is 0 Å². The molecule has 0 radical (unpaired) electrons. The molecule has 0 fully saturated rings. The molecule has 1 aromatic carbocycles. The second-order valence-electron chi connectivity index (χ2n) is 5.47. The fourth-order valence-electron chi connectivity index (χ4n) is 2.30. The fraction of sp³-hybridized carbons (Fsp3) is 0.312. The van der Waals surface area contributed by atoms with Crippen LogP contribution in [0.1, 0.15) is 18.4 Å². The predicted octanol–water partition coefficient (Wildman–Crippen LogP) is 3.01. The predicted molar refractivity (Wildman–Crippen MR) is 99.2 cm³/mol. The first-order valence-corrected chi connectivity index (χ1v) is 9.94. The maximum Gasteiger partial charge on any atom is 0.266 e. The normalized spacial score (nSPS) is 14.9. The molecule has 0 saturated heterocycles. The van der Waals surface area contributed by atoms with E-state index in [1.54, 1.807) is 18.2 Å².